The Hall–Kier alpha value is -2.79. The van der Waals surface area contributed by atoms with E-state index in [1.807, 2.05) is 10.0 Å². The molecule has 35 heavy (non-hydrogen) atoms. The minimum absolute atomic E-state index is 0.335. The Kier molecular flexibility index (Phi) is 8.49. The maximum Gasteiger partial charge on any atom is 0.416 e. The van der Waals surface area contributed by atoms with Gasteiger partial charge < -0.3 is 36.3 Å². The van der Waals surface area contributed by atoms with Crippen LogP contribution in [0.3, 0.4) is 0 Å². The molecule has 5 atom stereocenters. The standard InChI is InChI=1S/C19H24F3N3O9S/c20-19(21,22)9-2-1-3-10(6-9)35(33,34)25-12-7-18(32,8-13(26)15(12)29)17(31)24-11(16(23)30)4-5-14(27)28/h1-3,6,11-13,15,25-26,29,32H,4-5,7-8H2,(H2,23,30)(H,24,31)(H,27,28)/p-1/t11-,12-,13+,15+,18-/m0/s1. The maximum absolute atomic E-state index is 12.9. The van der Waals surface area contributed by atoms with Crippen molar-refractivity contribution in [2.24, 2.45) is 5.73 Å². The van der Waals surface area contributed by atoms with Crippen LogP contribution >= 0.6 is 0 Å². The third-order valence-corrected chi connectivity index (χ3v) is 6.89. The number of sulfonamides is 1. The van der Waals surface area contributed by atoms with Gasteiger partial charge in [-0.2, -0.15) is 13.2 Å². The molecule has 0 saturated heterocycles. The van der Waals surface area contributed by atoms with Gasteiger partial charge in [0.2, 0.25) is 15.9 Å². The van der Waals surface area contributed by atoms with Gasteiger partial charge in [0.05, 0.1) is 28.7 Å². The summed E-state index contributed by atoms with van der Waals surface area (Å²) in [4.78, 5) is 33.9. The molecule has 1 aliphatic carbocycles. The van der Waals surface area contributed by atoms with Gasteiger partial charge in [-0.15, -0.1) is 0 Å². The first kappa shape index (κ1) is 28.4. The molecule has 1 aliphatic rings. The average molecular weight is 526 g/mol. The topological polar surface area (TPSA) is 219 Å². The van der Waals surface area contributed by atoms with Crippen molar-refractivity contribution in [1.29, 1.82) is 0 Å². The van der Waals surface area contributed by atoms with Gasteiger partial charge in [0.1, 0.15) is 11.6 Å². The number of carbonyl (C=O) groups is 3. The molecule has 7 N–H and O–H groups in total. The van der Waals surface area contributed by atoms with Gasteiger partial charge in [-0.25, -0.2) is 13.1 Å². The van der Waals surface area contributed by atoms with Crippen LogP contribution in [-0.2, 0) is 30.6 Å². The molecular formula is C19H23F3N3O9S-. The Morgan fingerprint density at radius 1 is 1.23 bits per heavy atom. The number of aliphatic hydroxyl groups excluding tert-OH is 2. The van der Waals surface area contributed by atoms with E-state index >= 15 is 0 Å². The summed E-state index contributed by atoms with van der Waals surface area (Å²) < 4.78 is 66.0. The normalized spacial score (nSPS) is 26.1. The number of rotatable bonds is 9. The third-order valence-electron chi connectivity index (χ3n) is 5.40. The lowest BCUT2D eigenvalue weighted by molar-refractivity contribution is -0.305. The van der Waals surface area contributed by atoms with Gasteiger partial charge in [0.25, 0.3) is 5.91 Å². The van der Waals surface area contributed by atoms with Gasteiger partial charge in [-0.1, -0.05) is 6.07 Å². The highest BCUT2D eigenvalue weighted by Crippen LogP contribution is 2.33. The minimum Gasteiger partial charge on any atom is -0.550 e. The van der Waals surface area contributed by atoms with Gasteiger partial charge in [-0.05, 0) is 31.0 Å². The molecule has 1 fully saturated rings. The monoisotopic (exact) mass is 526 g/mol. The lowest BCUT2D eigenvalue weighted by atomic mass is 9.78. The van der Waals surface area contributed by atoms with Crippen LogP contribution in [-0.4, -0.2) is 71.4 Å². The summed E-state index contributed by atoms with van der Waals surface area (Å²) in [5, 5.41) is 43.7. The minimum atomic E-state index is -4.85. The van der Waals surface area contributed by atoms with E-state index in [1.54, 1.807) is 0 Å². The van der Waals surface area contributed by atoms with Crippen LogP contribution in [0, 0.1) is 0 Å². The first-order valence-corrected chi connectivity index (χ1v) is 11.5. The Morgan fingerprint density at radius 2 is 1.86 bits per heavy atom. The number of benzene rings is 1. The summed E-state index contributed by atoms with van der Waals surface area (Å²) in [6, 6.07) is -0.655. The van der Waals surface area contributed by atoms with Gasteiger partial charge in [-0.3, -0.25) is 9.59 Å². The summed E-state index contributed by atoms with van der Waals surface area (Å²) in [6.45, 7) is 0. The highest BCUT2D eigenvalue weighted by atomic mass is 32.2. The molecule has 196 valence electrons. The van der Waals surface area contributed by atoms with E-state index < -0.39 is 100 Å². The Labute approximate surface area is 197 Å². The fraction of sp³-hybridized carbons (Fsp3) is 0.526. The van der Waals surface area contributed by atoms with E-state index in [1.165, 1.54) is 0 Å². The van der Waals surface area contributed by atoms with Crippen LogP contribution < -0.4 is 20.9 Å². The predicted octanol–water partition coefficient (Wildman–Crippen LogP) is -2.90. The van der Waals surface area contributed by atoms with E-state index in [0.717, 1.165) is 12.1 Å². The molecule has 0 aliphatic heterocycles. The number of primary amides is 1. The fourth-order valence-corrected chi connectivity index (χ4v) is 4.84. The predicted molar refractivity (Wildman–Crippen MR) is 107 cm³/mol. The number of alkyl halides is 3. The van der Waals surface area contributed by atoms with E-state index in [-0.39, 0.29) is 0 Å². The molecular weight excluding hydrogens is 503 g/mol. The smallest absolute Gasteiger partial charge is 0.416 e. The highest BCUT2D eigenvalue weighted by Gasteiger charge is 2.50. The van der Waals surface area contributed by atoms with Crippen LogP contribution in [0.15, 0.2) is 29.2 Å². The first-order valence-electron chi connectivity index (χ1n) is 10.0. The van der Waals surface area contributed by atoms with Crippen LogP contribution in [0.2, 0.25) is 0 Å². The van der Waals surface area contributed by atoms with E-state index in [0.29, 0.717) is 12.1 Å². The molecule has 0 aromatic heterocycles. The fourth-order valence-electron chi connectivity index (χ4n) is 3.55. The molecule has 1 aromatic rings. The Bertz CT molecular complexity index is 1080. The SMILES string of the molecule is NC(=O)[C@H](CCC(=O)[O-])NC(=O)[C@@]1(O)C[C@@H](O)[C@H](O)[C@@H](NS(=O)(=O)c2cccc(C(F)(F)F)c2)C1. The molecule has 16 heteroatoms. The second-order valence-corrected chi connectivity index (χ2v) is 9.80. The zero-order valence-electron chi connectivity index (χ0n) is 17.9. The number of hydrogen-bond acceptors (Lipinski definition) is 9. The summed E-state index contributed by atoms with van der Waals surface area (Å²) in [6.07, 6.45) is -11.4. The lowest BCUT2D eigenvalue weighted by Crippen LogP contribution is -2.64. The van der Waals surface area contributed by atoms with Crippen molar-refractivity contribution in [3.8, 4) is 0 Å². The lowest BCUT2D eigenvalue weighted by Gasteiger charge is -2.41. The zero-order chi connectivity index (χ0) is 26.8. The van der Waals surface area contributed by atoms with Crippen LogP contribution in [0.4, 0.5) is 13.2 Å². The molecule has 2 amide bonds. The number of aliphatic hydroxyl groups is 3. The second-order valence-electron chi connectivity index (χ2n) is 8.09. The molecule has 1 aromatic carbocycles. The van der Waals surface area contributed by atoms with E-state index in [4.69, 9.17) is 5.73 Å². The number of halogens is 3. The van der Waals surface area contributed by atoms with Crippen molar-refractivity contribution in [1.82, 2.24) is 10.0 Å². The van der Waals surface area contributed by atoms with E-state index in [2.05, 4.69) is 0 Å². The number of aliphatic carboxylic acids is 1. The number of nitrogens with two attached hydrogens (primary N) is 1. The van der Waals surface area contributed by atoms with Gasteiger partial charge >= 0.3 is 6.18 Å². The first-order chi connectivity index (χ1) is 16.0. The molecule has 1 saturated carbocycles. The van der Waals surface area contributed by atoms with Crippen molar-refractivity contribution in [3.63, 3.8) is 0 Å². The van der Waals surface area contributed by atoms with Crippen molar-refractivity contribution in [2.45, 2.75) is 66.6 Å². The quantitative estimate of drug-likeness (QED) is 0.194. The summed E-state index contributed by atoms with van der Waals surface area (Å²) in [7, 11) is -4.74. The van der Waals surface area contributed by atoms with Gasteiger partial charge in [0, 0.05) is 18.8 Å². The number of carboxylic acid groups (broad SMARTS) is 1. The number of nitrogens with one attached hydrogen (secondary N) is 2. The molecule has 0 radical (unpaired) electrons. The molecule has 0 heterocycles. The number of carbonyl (C=O) groups excluding carboxylic acids is 3. The van der Waals surface area contributed by atoms with Crippen molar-refractivity contribution in [3.05, 3.63) is 29.8 Å². The molecule has 12 nitrogen and oxygen atoms in total. The van der Waals surface area contributed by atoms with E-state index in [9.17, 15) is 56.4 Å². The summed E-state index contributed by atoms with van der Waals surface area (Å²) in [5.41, 5.74) is 1.26. The number of carboxylic acids is 1. The molecule has 0 spiro atoms. The molecule has 2 rings (SSSR count). The van der Waals surface area contributed by atoms with Crippen LogP contribution in [0.5, 0.6) is 0 Å². The largest absolute Gasteiger partial charge is 0.550 e. The Morgan fingerprint density at radius 3 is 2.40 bits per heavy atom. The third kappa shape index (κ3) is 7.11. The molecule has 0 bridgehead atoms. The molecule has 0 unspecified atom stereocenters. The number of hydrogen-bond donors (Lipinski definition) is 6. The number of amides is 2. The zero-order valence-corrected chi connectivity index (χ0v) is 18.7. The Balaban J connectivity index is 2.26. The van der Waals surface area contributed by atoms with Crippen molar-refractivity contribution < 1.29 is 56.4 Å². The van der Waals surface area contributed by atoms with Crippen molar-refractivity contribution >= 4 is 27.8 Å². The highest BCUT2D eigenvalue weighted by molar-refractivity contribution is 7.89. The summed E-state index contributed by atoms with van der Waals surface area (Å²) in [5.74, 6) is -4.03. The maximum atomic E-state index is 12.9. The average Bonchev–Trinajstić information content (AvgIpc) is 2.73. The summed E-state index contributed by atoms with van der Waals surface area (Å²) >= 11 is 0. The van der Waals surface area contributed by atoms with Gasteiger partial charge in [0.15, 0.2) is 0 Å². The van der Waals surface area contributed by atoms with Crippen LogP contribution in [0.25, 0.3) is 0 Å². The van der Waals surface area contributed by atoms with Crippen molar-refractivity contribution in [2.75, 3.05) is 0 Å². The second kappa shape index (κ2) is 10.4. The van der Waals surface area contributed by atoms with Crippen LogP contribution in [0.1, 0.15) is 31.2 Å².